The zero-order valence-electron chi connectivity index (χ0n) is 9.52. The van der Waals surface area contributed by atoms with E-state index in [1.807, 2.05) is 6.07 Å². The van der Waals surface area contributed by atoms with Gasteiger partial charge in [-0.25, -0.2) is 4.39 Å². The van der Waals surface area contributed by atoms with Crippen molar-refractivity contribution < 1.29 is 9.13 Å². The topological polar surface area (TPSA) is 56.8 Å². The lowest BCUT2D eigenvalue weighted by Crippen LogP contribution is -1.92. The van der Waals surface area contributed by atoms with Crippen LogP contribution in [-0.2, 0) is 0 Å². The highest BCUT2D eigenvalue weighted by Gasteiger charge is 2.10. The van der Waals surface area contributed by atoms with Crippen molar-refractivity contribution in [1.82, 2.24) is 0 Å². The largest absolute Gasteiger partial charge is 0.456 e. The molecule has 2 rings (SSSR count). The molecule has 0 atom stereocenters. The van der Waals surface area contributed by atoms with Crippen molar-refractivity contribution >= 4 is 15.9 Å². The summed E-state index contributed by atoms with van der Waals surface area (Å²) < 4.78 is 19.4. The third-order valence-corrected chi connectivity index (χ3v) is 3.03. The molecule has 3 nitrogen and oxygen atoms in total. The van der Waals surface area contributed by atoms with Crippen LogP contribution in [0.4, 0.5) is 4.39 Å². The quantitative estimate of drug-likeness (QED) is 0.837. The maximum absolute atomic E-state index is 13.4. The van der Waals surface area contributed by atoms with Crippen molar-refractivity contribution in [2.75, 3.05) is 0 Å². The Bertz CT molecular complexity index is 716. The van der Waals surface area contributed by atoms with Gasteiger partial charge in [0.15, 0.2) is 0 Å². The Hall–Kier alpha value is -2.37. The zero-order valence-corrected chi connectivity index (χ0v) is 11.1. The standard InChI is InChI=1S/C14H6BrFN2O/c15-12-6-10(5-4-9(12)7-17)19-14-3-1-2-13(16)11(14)8-18/h1-6H. The second-order valence-corrected chi connectivity index (χ2v) is 4.43. The Morgan fingerprint density at radius 3 is 2.53 bits per heavy atom. The predicted octanol–water partition coefficient (Wildman–Crippen LogP) is 4.12. The molecule has 0 fully saturated rings. The SMILES string of the molecule is N#Cc1ccc(Oc2cccc(F)c2C#N)cc1Br. The van der Waals surface area contributed by atoms with Gasteiger partial charge in [-0.1, -0.05) is 6.07 Å². The summed E-state index contributed by atoms with van der Waals surface area (Å²) in [5, 5.41) is 17.7. The van der Waals surface area contributed by atoms with E-state index in [1.165, 1.54) is 18.2 Å². The molecule has 0 saturated carbocycles. The minimum absolute atomic E-state index is 0.138. The number of hydrogen-bond acceptors (Lipinski definition) is 3. The summed E-state index contributed by atoms with van der Waals surface area (Å²) in [5.74, 6) is -0.0835. The molecular formula is C14H6BrFN2O. The number of ether oxygens (including phenoxy) is 1. The van der Waals surface area contributed by atoms with Gasteiger partial charge in [0.25, 0.3) is 0 Å². The first-order chi connectivity index (χ1) is 9.15. The lowest BCUT2D eigenvalue weighted by molar-refractivity contribution is 0.474. The van der Waals surface area contributed by atoms with Gasteiger partial charge in [0.2, 0.25) is 0 Å². The van der Waals surface area contributed by atoms with Gasteiger partial charge < -0.3 is 4.74 Å². The number of rotatable bonds is 2. The van der Waals surface area contributed by atoms with Crippen molar-refractivity contribution in [3.8, 4) is 23.6 Å². The van der Waals surface area contributed by atoms with Crippen LogP contribution in [0.25, 0.3) is 0 Å². The number of nitrogens with zero attached hydrogens (tertiary/aromatic N) is 2. The van der Waals surface area contributed by atoms with E-state index in [9.17, 15) is 4.39 Å². The molecule has 92 valence electrons. The van der Waals surface area contributed by atoms with Crippen LogP contribution in [0, 0.1) is 28.5 Å². The lowest BCUT2D eigenvalue weighted by atomic mass is 10.2. The van der Waals surface area contributed by atoms with Crippen LogP contribution >= 0.6 is 15.9 Å². The molecular weight excluding hydrogens is 311 g/mol. The molecule has 0 radical (unpaired) electrons. The fourth-order valence-electron chi connectivity index (χ4n) is 1.47. The maximum Gasteiger partial charge on any atom is 0.148 e. The van der Waals surface area contributed by atoms with Gasteiger partial charge in [0.1, 0.15) is 35.0 Å². The second kappa shape index (κ2) is 5.51. The molecule has 0 amide bonds. The summed E-state index contributed by atoms with van der Waals surface area (Å²) in [5.41, 5.74) is 0.315. The molecule has 0 bridgehead atoms. The van der Waals surface area contributed by atoms with Crippen LogP contribution in [0.3, 0.4) is 0 Å². The van der Waals surface area contributed by atoms with Crippen LogP contribution in [0.2, 0.25) is 0 Å². The molecule has 2 aromatic carbocycles. The van der Waals surface area contributed by atoms with Crippen molar-refractivity contribution in [1.29, 1.82) is 10.5 Å². The van der Waals surface area contributed by atoms with E-state index >= 15 is 0 Å². The summed E-state index contributed by atoms with van der Waals surface area (Å²) >= 11 is 3.23. The van der Waals surface area contributed by atoms with Crippen LogP contribution < -0.4 is 4.74 Å². The highest BCUT2D eigenvalue weighted by atomic mass is 79.9. The van der Waals surface area contributed by atoms with Gasteiger partial charge >= 0.3 is 0 Å². The predicted molar refractivity (Wildman–Crippen MR) is 70.0 cm³/mol. The Balaban J connectivity index is 2.38. The maximum atomic E-state index is 13.4. The minimum Gasteiger partial charge on any atom is -0.456 e. The molecule has 0 aromatic heterocycles. The van der Waals surface area contributed by atoms with Crippen molar-refractivity contribution in [3.63, 3.8) is 0 Å². The van der Waals surface area contributed by atoms with Gasteiger partial charge in [0, 0.05) is 4.47 Å². The first kappa shape index (κ1) is 13.1. The Morgan fingerprint density at radius 2 is 1.89 bits per heavy atom. The third kappa shape index (κ3) is 2.73. The van der Waals surface area contributed by atoms with E-state index in [0.717, 1.165) is 0 Å². The smallest absolute Gasteiger partial charge is 0.148 e. The third-order valence-electron chi connectivity index (χ3n) is 2.38. The van der Waals surface area contributed by atoms with E-state index in [2.05, 4.69) is 15.9 Å². The van der Waals surface area contributed by atoms with E-state index in [0.29, 0.717) is 15.8 Å². The normalized spacial score (nSPS) is 9.47. The van der Waals surface area contributed by atoms with Crippen LogP contribution in [0.5, 0.6) is 11.5 Å². The molecule has 0 aliphatic heterocycles. The molecule has 0 saturated heterocycles. The summed E-state index contributed by atoms with van der Waals surface area (Å²) in [7, 11) is 0. The summed E-state index contributed by atoms with van der Waals surface area (Å²) in [6.07, 6.45) is 0. The number of nitriles is 2. The van der Waals surface area contributed by atoms with Crippen molar-refractivity contribution in [2.24, 2.45) is 0 Å². The highest BCUT2D eigenvalue weighted by molar-refractivity contribution is 9.10. The number of benzene rings is 2. The van der Waals surface area contributed by atoms with Gasteiger partial charge in [0.05, 0.1) is 5.56 Å². The number of hydrogen-bond donors (Lipinski definition) is 0. The summed E-state index contributed by atoms with van der Waals surface area (Å²) in [6.45, 7) is 0. The van der Waals surface area contributed by atoms with E-state index in [4.69, 9.17) is 15.3 Å². The molecule has 0 spiro atoms. The average Bonchev–Trinajstić information content (AvgIpc) is 2.39. The van der Waals surface area contributed by atoms with Gasteiger partial charge in [-0.3, -0.25) is 0 Å². The molecule has 2 aromatic rings. The van der Waals surface area contributed by atoms with Gasteiger partial charge in [-0.05, 0) is 46.3 Å². The van der Waals surface area contributed by atoms with E-state index in [-0.39, 0.29) is 11.3 Å². The molecule has 0 unspecified atom stereocenters. The van der Waals surface area contributed by atoms with E-state index in [1.54, 1.807) is 24.3 Å². The Kier molecular flexibility index (Phi) is 3.79. The average molecular weight is 317 g/mol. The summed E-state index contributed by atoms with van der Waals surface area (Å²) in [6, 6.07) is 12.7. The van der Waals surface area contributed by atoms with E-state index < -0.39 is 5.82 Å². The number of halogens is 2. The Labute approximate surface area is 117 Å². The molecule has 0 heterocycles. The lowest BCUT2D eigenvalue weighted by Gasteiger charge is -2.08. The monoisotopic (exact) mass is 316 g/mol. The fourth-order valence-corrected chi connectivity index (χ4v) is 1.92. The van der Waals surface area contributed by atoms with Gasteiger partial charge in [-0.2, -0.15) is 10.5 Å². The molecule has 0 N–H and O–H groups in total. The first-order valence-corrected chi connectivity index (χ1v) is 6.01. The molecule has 0 aliphatic carbocycles. The minimum atomic E-state index is -0.632. The van der Waals surface area contributed by atoms with Crippen molar-refractivity contribution in [2.45, 2.75) is 0 Å². The fraction of sp³-hybridized carbons (Fsp3) is 0. The van der Waals surface area contributed by atoms with Crippen LogP contribution in [-0.4, -0.2) is 0 Å². The zero-order chi connectivity index (χ0) is 13.8. The Morgan fingerprint density at radius 1 is 1.11 bits per heavy atom. The first-order valence-electron chi connectivity index (χ1n) is 5.22. The molecule has 19 heavy (non-hydrogen) atoms. The van der Waals surface area contributed by atoms with Gasteiger partial charge in [-0.15, -0.1) is 0 Å². The highest BCUT2D eigenvalue weighted by Crippen LogP contribution is 2.29. The summed E-state index contributed by atoms with van der Waals surface area (Å²) in [4.78, 5) is 0. The van der Waals surface area contributed by atoms with Crippen molar-refractivity contribution in [3.05, 3.63) is 57.8 Å². The molecule has 5 heteroatoms. The molecule has 0 aliphatic rings. The second-order valence-electron chi connectivity index (χ2n) is 3.58. The van der Waals surface area contributed by atoms with Crippen LogP contribution in [0.15, 0.2) is 40.9 Å². The van der Waals surface area contributed by atoms with Crippen LogP contribution in [0.1, 0.15) is 11.1 Å².